The first kappa shape index (κ1) is 34.7. The average molecular weight is 707 g/mol. The molecule has 5 rings (SSSR count). The number of anilines is 1. The molecular formula is C33H27ClN4O10S. The number of rotatable bonds is 10. The van der Waals surface area contributed by atoms with Crippen molar-refractivity contribution in [2.45, 2.75) is 31.3 Å². The fourth-order valence-electron chi connectivity index (χ4n) is 5.06. The highest BCUT2D eigenvalue weighted by atomic mass is 35.5. The molecule has 3 atom stereocenters. The number of hydrogen-bond donors (Lipinski definition) is 4. The molecule has 1 fully saturated rings. The molecule has 3 aromatic carbocycles. The van der Waals surface area contributed by atoms with Crippen molar-refractivity contribution < 1.29 is 48.1 Å². The standard InChI is InChI=1S/C33H27ClN4O10S/c1-16(39)47-23-10-6-9-21(27(23)48-17(2)40)29(42)35-20-13-11-19(12-14-20)28(41)36-24(18-7-4-3-5-8-18)30(43)37-25-31(44)38-26(33(45)46)22(34)15-49-32(25)38/h3-14,24-25,32H,15H2,1-2H3,(H,35,42)(H,36,41)(H,37,43)(H,45,46). The Bertz CT molecular complexity index is 1900. The number of thioether (sulfide) groups is 1. The van der Waals surface area contributed by atoms with Gasteiger partial charge in [-0.3, -0.25) is 33.7 Å². The number of para-hydroxylation sites is 1. The predicted molar refractivity (Wildman–Crippen MR) is 176 cm³/mol. The van der Waals surface area contributed by atoms with Crippen LogP contribution >= 0.6 is 23.4 Å². The number of carboxylic acid groups (broad SMARTS) is 1. The summed E-state index contributed by atoms with van der Waals surface area (Å²) in [5, 5.41) is 16.8. The lowest BCUT2D eigenvalue weighted by molar-refractivity contribution is -0.150. The van der Waals surface area contributed by atoms with Gasteiger partial charge < -0.3 is 30.5 Å². The molecule has 16 heteroatoms. The van der Waals surface area contributed by atoms with Crippen molar-refractivity contribution >= 4 is 70.6 Å². The number of hydrogen-bond acceptors (Lipinski definition) is 10. The molecule has 4 amide bonds. The van der Waals surface area contributed by atoms with Gasteiger partial charge in [0.05, 0.1) is 10.6 Å². The second kappa shape index (κ2) is 14.6. The molecule has 0 radical (unpaired) electrons. The molecule has 1 saturated heterocycles. The minimum Gasteiger partial charge on any atom is -0.477 e. The summed E-state index contributed by atoms with van der Waals surface area (Å²) in [5.41, 5.74) is 0.396. The Morgan fingerprint density at radius 1 is 0.898 bits per heavy atom. The van der Waals surface area contributed by atoms with Gasteiger partial charge >= 0.3 is 17.9 Å². The molecule has 14 nitrogen and oxygen atoms in total. The Kier molecular flexibility index (Phi) is 10.3. The molecule has 49 heavy (non-hydrogen) atoms. The number of carboxylic acids is 1. The van der Waals surface area contributed by atoms with Gasteiger partial charge in [0.1, 0.15) is 23.2 Å². The molecule has 0 aromatic heterocycles. The largest absolute Gasteiger partial charge is 0.477 e. The molecule has 3 aromatic rings. The fraction of sp³-hybridized carbons (Fsp3) is 0.182. The third-order valence-electron chi connectivity index (χ3n) is 7.22. The van der Waals surface area contributed by atoms with Crippen molar-refractivity contribution in [2.75, 3.05) is 11.1 Å². The number of fused-ring (bicyclic) bond motifs is 1. The normalized spacial score (nSPS) is 17.1. The second-order valence-corrected chi connectivity index (χ2v) is 12.2. The van der Waals surface area contributed by atoms with E-state index in [-0.39, 0.29) is 44.8 Å². The molecular weight excluding hydrogens is 680 g/mol. The zero-order chi connectivity index (χ0) is 35.4. The highest BCUT2D eigenvalue weighted by Gasteiger charge is 2.54. The van der Waals surface area contributed by atoms with E-state index in [1.165, 1.54) is 54.2 Å². The van der Waals surface area contributed by atoms with Crippen molar-refractivity contribution in [1.29, 1.82) is 0 Å². The van der Waals surface area contributed by atoms with E-state index in [1.807, 2.05) is 0 Å². The number of benzene rings is 3. The van der Waals surface area contributed by atoms with Crippen LogP contribution in [0, 0.1) is 0 Å². The molecule has 2 aliphatic rings. The topological polar surface area (TPSA) is 198 Å². The van der Waals surface area contributed by atoms with Crippen molar-refractivity contribution in [3.05, 3.63) is 100 Å². The van der Waals surface area contributed by atoms with Crippen LogP contribution in [0.1, 0.15) is 46.2 Å². The lowest BCUT2D eigenvalue weighted by Crippen LogP contribution is -2.71. The number of esters is 2. The van der Waals surface area contributed by atoms with E-state index in [0.717, 1.165) is 18.7 Å². The highest BCUT2D eigenvalue weighted by Crippen LogP contribution is 2.41. The Labute approximate surface area is 287 Å². The Morgan fingerprint density at radius 2 is 1.57 bits per heavy atom. The molecule has 0 aliphatic carbocycles. The number of carbonyl (C=O) groups is 7. The van der Waals surface area contributed by atoms with Crippen LogP contribution in [-0.4, -0.2) is 68.7 Å². The van der Waals surface area contributed by atoms with Gasteiger partial charge in [0.25, 0.3) is 17.7 Å². The Morgan fingerprint density at radius 3 is 2.20 bits per heavy atom. The molecule has 0 spiro atoms. The van der Waals surface area contributed by atoms with Crippen LogP contribution in [0.15, 0.2) is 83.5 Å². The number of aliphatic carboxylic acids is 1. The van der Waals surface area contributed by atoms with E-state index in [0.29, 0.717) is 5.56 Å². The third-order valence-corrected chi connectivity index (χ3v) is 8.97. The maximum absolute atomic E-state index is 13.5. The molecule has 2 heterocycles. The number of nitrogens with one attached hydrogen (secondary N) is 3. The minimum atomic E-state index is -1.35. The van der Waals surface area contributed by atoms with Crippen molar-refractivity contribution in [3.63, 3.8) is 0 Å². The van der Waals surface area contributed by atoms with Gasteiger partial charge in [-0.1, -0.05) is 48.0 Å². The van der Waals surface area contributed by atoms with Crippen molar-refractivity contribution in [1.82, 2.24) is 15.5 Å². The SMILES string of the molecule is CC(=O)Oc1cccc(C(=O)Nc2ccc(C(=O)NC(C(=O)NC3C(=O)N4C(C(=O)O)=C(Cl)CSC34)c3ccccc3)cc2)c1OC(C)=O. The quantitative estimate of drug-likeness (QED) is 0.137. The van der Waals surface area contributed by atoms with Gasteiger partial charge in [-0.2, -0.15) is 0 Å². The maximum atomic E-state index is 13.5. The van der Waals surface area contributed by atoms with E-state index in [1.54, 1.807) is 30.3 Å². The highest BCUT2D eigenvalue weighted by molar-refractivity contribution is 8.00. The summed E-state index contributed by atoms with van der Waals surface area (Å²) in [6, 6.07) is 15.9. The van der Waals surface area contributed by atoms with Crippen LogP contribution in [0.2, 0.25) is 0 Å². The van der Waals surface area contributed by atoms with Crippen LogP contribution in [0.25, 0.3) is 0 Å². The first-order valence-electron chi connectivity index (χ1n) is 14.5. The molecule has 3 unspecified atom stereocenters. The fourth-order valence-corrected chi connectivity index (χ4v) is 6.61. The first-order valence-corrected chi connectivity index (χ1v) is 15.9. The third kappa shape index (κ3) is 7.58. The van der Waals surface area contributed by atoms with Gasteiger partial charge in [-0.05, 0) is 42.0 Å². The molecule has 2 aliphatic heterocycles. The Balaban J connectivity index is 1.29. The van der Waals surface area contributed by atoms with E-state index in [9.17, 15) is 38.7 Å². The number of ether oxygens (including phenoxy) is 2. The van der Waals surface area contributed by atoms with Crippen molar-refractivity contribution in [3.8, 4) is 11.5 Å². The summed E-state index contributed by atoms with van der Waals surface area (Å²) in [6.45, 7) is 2.28. The van der Waals surface area contributed by atoms with Crippen LogP contribution in [0.3, 0.4) is 0 Å². The number of nitrogens with zero attached hydrogens (tertiary/aromatic N) is 1. The summed E-state index contributed by atoms with van der Waals surface area (Å²) in [5.74, 6) is -5.69. The maximum Gasteiger partial charge on any atom is 0.353 e. The average Bonchev–Trinajstić information content (AvgIpc) is 3.06. The zero-order valence-corrected chi connectivity index (χ0v) is 27.3. The molecule has 0 bridgehead atoms. The monoisotopic (exact) mass is 706 g/mol. The summed E-state index contributed by atoms with van der Waals surface area (Å²) in [7, 11) is 0. The lowest BCUT2D eigenvalue weighted by atomic mass is 10.0. The molecule has 0 saturated carbocycles. The summed E-state index contributed by atoms with van der Waals surface area (Å²) in [6.07, 6.45) is 0. The number of amides is 4. The van der Waals surface area contributed by atoms with Gasteiger partial charge in [0.15, 0.2) is 11.5 Å². The van der Waals surface area contributed by atoms with Gasteiger partial charge in [-0.25, -0.2) is 4.79 Å². The van der Waals surface area contributed by atoms with Crippen LogP contribution in [0.5, 0.6) is 11.5 Å². The van der Waals surface area contributed by atoms with Crippen LogP contribution in [0.4, 0.5) is 5.69 Å². The smallest absolute Gasteiger partial charge is 0.353 e. The molecule has 4 N–H and O–H groups in total. The zero-order valence-electron chi connectivity index (χ0n) is 25.7. The van der Waals surface area contributed by atoms with E-state index < -0.39 is 59.0 Å². The number of carbonyl (C=O) groups excluding carboxylic acids is 6. The second-order valence-electron chi connectivity index (χ2n) is 10.6. The van der Waals surface area contributed by atoms with E-state index in [2.05, 4.69) is 16.0 Å². The van der Waals surface area contributed by atoms with E-state index >= 15 is 0 Å². The number of halogens is 1. The minimum absolute atomic E-state index is 0.0205. The number of β-lactam (4-membered cyclic amide) rings is 1. The summed E-state index contributed by atoms with van der Waals surface area (Å²) in [4.78, 5) is 88.8. The van der Waals surface area contributed by atoms with Gasteiger partial charge in [0.2, 0.25) is 5.91 Å². The predicted octanol–water partition coefficient (Wildman–Crippen LogP) is 3.20. The van der Waals surface area contributed by atoms with Crippen LogP contribution < -0.4 is 25.4 Å². The van der Waals surface area contributed by atoms with Crippen LogP contribution in [-0.2, 0) is 24.0 Å². The van der Waals surface area contributed by atoms with E-state index in [4.69, 9.17) is 21.1 Å². The summed E-state index contributed by atoms with van der Waals surface area (Å²) >= 11 is 7.24. The first-order chi connectivity index (χ1) is 23.3. The van der Waals surface area contributed by atoms with Crippen molar-refractivity contribution in [2.24, 2.45) is 0 Å². The molecule has 252 valence electrons. The Hall–Kier alpha value is -5.67. The lowest BCUT2D eigenvalue weighted by Gasteiger charge is -2.49. The summed E-state index contributed by atoms with van der Waals surface area (Å²) < 4.78 is 10.2. The van der Waals surface area contributed by atoms with Gasteiger partial charge in [-0.15, -0.1) is 11.8 Å². The van der Waals surface area contributed by atoms with Gasteiger partial charge in [0, 0.05) is 30.9 Å².